The van der Waals surface area contributed by atoms with Crippen molar-refractivity contribution in [2.45, 2.75) is 19.8 Å². The fraction of sp³-hybridized carbons (Fsp3) is 0.538. The summed E-state index contributed by atoms with van der Waals surface area (Å²) in [5, 5.41) is 9.09. The smallest absolute Gasteiger partial charge is 0.303 e. The van der Waals surface area contributed by atoms with Crippen molar-refractivity contribution in [3.8, 4) is 0 Å². The molecule has 0 bridgehead atoms. The van der Waals surface area contributed by atoms with Crippen LogP contribution in [0, 0.1) is 0 Å². The van der Waals surface area contributed by atoms with Gasteiger partial charge in [-0.25, -0.2) is 0 Å². The zero-order chi connectivity index (χ0) is 14.3. The molecule has 0 heterocycles. The summed E-state index contributed by atoms with van der Waals surface area (Å²) in [5.74, 6) is 0. The Morgan fingerprint density at radius 3 is 2.32 bits per heavy atom. The second-order valence-corrected chi connectivity index (χ2v) is 6.27. The van der Waals surface area contributed by atoms with Crippen LogP contribution in [-0.4, -0.2) is 44.6 Å². The summed E-state index contributed by atoms with van der Waals surface area (Å²) in [7, 11) is -2.01. The van der Waals surface area contributed by atoms with Crippen molar-refractivity contribution in [3.63, 3.8) is 0 Å². The van der Waals surface area contributed by atoms with Crippen molar-refractivity contribution in [3.05, 3.63) is 30.3 Å². The van der Waals surface area contributed by atoms with Crippen molar-refractivity contribution in [2.24, 2.45) is 0 Å². The van der Waals surface area contributed by atoms with Crippen LogP contribution in [0.5, 0.6) is 0 Å². The number of aliphatic hydroxyl groups excluding tert-OH is 1. The summed E-state index contributed by atoms with van der Waals surface area (Å²) in [6, 6.07) is 8.83. The lowest BCUT2D eigenvalue weighted by Gasteiger charge is -2.28. The first-order valence-corrected chi connectivity index (χ1v) is 7.83. The number of aliphatic hydroxyl groups is 1. The first-order valence-electron chi connectivity index (χ1n) is 6.44. The molecule has 19 heavy (non-hydrogen) atoms. The number of benzene rings is 1. The van der Waals surface area contributed by atoms with Gasteiger partial charge in [-0.1, -0.05) is 31.5 Å². The zero-order valence-corrected chi connectivity index (χ0v) is 12.3. The van der Waals surface area contributed by atoms with E-state index >= 15 is 0 Å². The average molecular weight is 286 g/mol. The molecule has 108 valence electrons. The minimum absolute atomic E-state index is 0.0583. The third-order valence-corrected chi connectivity index (χ3v) is 4.77. The maximum atomic E-state index is 12.5. The minimum atomic E-state index is -3.58. The van der Waals surface area contributed by atoms with Gasteiger partial charge in [-0.05, 0) is 18.6 Å². The Kier molecular flexibility index (Phi) is 6.27. The molecule has 0 aromatic heterocycles. The molecule has 1 aromatic carbocycles. The highest BCUT2D eigenvalue weighted by molar-refractivity contribution is 7.90. The SMILES string of the molecule is CCCCN(C)S(=O)(=O)N(CCO)c1ccccc1. The maximum Gasteiger partial charge on any atom is 0.303 e. The second kappa shape index (κ2) is 7.47. The number of rotatable bonds is 8. The molecule has 0 aliphatic rings. The van der Waals surface area contributed by atoms with Crippen molar-refractivity contribution in [1.29, 1.82) is 0 Å². The Balaban J connectivity index is 2.98. The van der Waals surface area contributed by atoms with Crippen LogP contribution in [-0.2, 0) is 10.2 Å². The normalized spacial score (nSPS) is 11.8. The van der Waals surface area contributed by atoms with E-state index in [1.165, 1.54) is 8.61 Å². The third-order valence-electron chi connectivity index (χ3n) is 2.85. The number of anilines is 1. The summed E-state index contributed by atoms with van der Waals surface area (Å²) in [6.07, 6.45) is 1.75. The highest BCUT2D eigenvalue weighted by Gasteiger charge is 2.26. The summed E-state index contributed by atoms with van der Waals surface area (Å²) in [6.45, 7) is 2.34. The van der Waals surface area contributed by atoms with E-state index in [-0.39, 0.29) is 13.2 Å². The summed E-state index contributed by atoms with van der Waals surface area (Å²) >= 11 is 0. The van der Waals surface area contributed by atoms with Gasteiger partial charge in [-0.15, -0.1) is 0 Å². The standard InChI is InChI=1S/C13H22N2O3S/c1-3-4-10-14(2)19(17,18)15(11-12-16)13-8-6-5-7-9-13/h5-9,16H,3-4,10-12H2,1-2H3. The molecule has 1 rings (SSSR count). The molecule has 0 unspecified atom stereocenters. The number of unbranched alkanes of at least 4 members (excludes halogenated alkanes) is 1. The van der Waals surface area contributed by atoms with Crippen LogP contribution >= 0.6 is 0 Å². The molecule has 0 aliphatic heterocycles. The minimum Gasteiger partial charge on any atom is -0.394 e. The molecular formula is C13H22N2O3S. The molecular weight excluding hydrogens is 264 g/mol. The quantitative estimate of drug-likeness (QED) is 0.787. The van der Waals surface area contributed by atoms with Gasteiger partial charge in [0.05, 0.1) is 18.8 Å². The first kappa shape index (κ1) is 15.9. The zero-order valence-electron chi connectivity index (χ0n) is 11.5. The highest BCUT2D eigenvalue weighted by atomic mass is 32.2. The predicted octanol–water partition coefficient (Wildman–Crippen LogP) is 1.46. The van der Waals surface area contributed by atoms with Crippen LogP contribution in [0.2, 0.25) is 0 Å². The van der Waals surface area contributed by atoms with Gasteiger partial charge in [0, 0.05) is 13.6 Å². The van der Waals surface area contributed by atoms with E-state index in [1.54, 1.807) is 31.3 Å². The van der Waals surface area contributed by atoms with Crippen molar-refractivity contribution < 1.29 is 13.5 Å². The van der Waals surface area contributed by atoms with Crippen molar-refractivity contribution in [1.82, 2.24) is 4.31 Å². The molecule has 5 nitrogen and oxygen atoms in total. The summed E-state index contributed by atoms with van der Waals surface area (Å²) in [4.78, 5) is 0. The van der Waals surface area contributed by atoms with Gasteiger partial charge in [0.1, 0.15) is 0 Å². The fourth-order valence-electron chi connectivity index (χ4n) is 1.73. The Bertz CT molecular complexity index is 462. The van der Waals surface area contributed by atoms with Gasteiger partial charge in [-0.3, -0.25) is 4.31 Å². The lowest BCUT2D eigenvalue weighted by molar-refractivity contribution is 0.305. The lowest BCUT2D eigenvalue weighted by atomic mass is 10.3. The largest absolute Gasteiger partial charge is 0.394 e. The number of hydrogen-bond donors (Lipinski definition) is 1. The Morgan fingerprint density at radius 1 is 1.16 bits per heavy atom. The number of hydrogen-bond acceptors (Lipinski definition) is 3. The van der Waals surface area contributed by atoms with E-state index in [9.17, 15) is 8.42 Å². The molecule has 0 radical (unpaired) electrons. The molecule has 0 spiro atoms. The van der Waals surface area contributed by atoms with E-state index in [0.717, 1.165) is 12.8 Å². The fourth-order valence-corrected chi connectivity index (χ4v) is 3.12. The Hall–Kier alpha value is -1.11. The van der Waals surface area contributed by atoms with Gasteiger partial charge in [-0.2, -0.15) is 12.7 Å². The van der Waals surface area contributed by atoms with E-state index in [1.807, 2.05) is 13.0 Å². The van der Waals surface area contributed by atoms with E-state index in [0.29, 0.717) is 12.2 Å². The van der Waals surface area contributed by atoms with E-state index in [4.69, 9.17) is 5.11 Å². The Morgan fingerprint density at radius 2 is 1.79 bits per heavy atom. The van der Waals surface area contributed by atoms with Crippen LogP contribution in [0.25, 0.3) is 0 Å². The predicted molar refractivity (Wildman–Crippen MR) is 77.3 cm³/mol. The molecule has 0 saturated carbocycles. The van der Waals surface area contributed by atoms with Crippen LogP contribution in [0.15, 0.2) is 30.3 Å². The second-order valence-electron chi connectivity index (χ2n) is 4.31. The van der Waals surface area contributed by atoms with E-state index in [2.05, 4.69) is 0 Å². The van der Waals surface area contributed by atoms with Crippen molar-refractivity contribution in [2.75, 3.05) is 31.0 Å². The van der Waals surface area contributed by atoms with Crippen molar-refractivity contribution >= 4 is 15.9 Å². The number of para-hydroxylation sites is 1. The van der Waals surface area contributed by atoms with Gasteiger partial charge in [0.15, 0.2) is 0 Å². The first-order chi connectivity index (χ1) is 9.04. The topological polar surface area (TPSA) is 60.9 Å². The van der Waals surface area contributed by atoms with Gasteiger partial charge in [0.25, 0.3) is 0 Å². The van der Waals surface area contributed by atoms with E-state index < -0.39 is 10.2 Å². The van der Waals surface area contributed by atoms with Crippen LogP contribution in [0.3, 0.4) is 0 Å². The molecule has 1 aromatic rings. The van der Waals surface area contributed by atoms with Crippen LogP contribution < -0.4 is 4.31 Å². The van der Waals surface area contributed by atoms with Crippen LogP contribution in [0.1, 0.15) is 19.8 Å². The molecule has 0 fully saturated rings. The molecule has 6 heteroatoms. The lowest BCUT2D eigenvalue weighted by Crippen LogP contribution is -2.43. The summed E-state index contributed by atoms with van der Waals surface area (Å²) < 4.78 is 27.5. The molecule has 0 amide bonds. The molecule has 0 aliphatic carbocycles. The van der Waals surface area contributed by atoms with Gasteiger partial charge in [0.2, 0.25) is 0 Å². The van der Waals surface area contributed by atoms with Crippen LogP contribution in [0.4, 0.5) is 5.69 Å². The molecule has 0 saturated heterocycles. The highest BCUT2D eigenvalue weighted by Crippen LogP contribution is 2.19. The molecule has 1 N–H and O–H groups in total. The van der Waals surface area contributed by atoms with Gasteiger partial charge >= 0.3 is 10.2 Å². The maximum absolute atomic E-state index is 12.5. The van der Waals surface area contributed by atoms with Gasteiger partial charge < -0.3 is 5.11 Å². The summed E-state index contributed by atoms with van der Waals surface area (Å²) in [5.41, 5.74) is 0.569. The number of nitrogens with zero attached hydrogens (tertiary/aromatic N) is 2. The third kappa shape index (κ3) is 4.19. The average Bonchev–Trinajstić information content (AvgIpc) is 2.42. The molecule has 0 atom stereocenters. The monoisotopic (exact) mass is 286 g/mol. The Labute approximate surface area is 115 Å².